The summed E-state index contributed by atoms with van der Waals surface area (Å²) in [5, 5.41) is 12.5. The fourth-order valence-corrected chi connectivity index (χ4v) is 2.31. The Labute approximate surface area is 106 Å². The topological polar surface area (TPSA) is 79.5 Å². The third kappa shape index (κ3) is 3.07. The molecule has 18 heavy (non-hydrogen) atoms. The SMILES string of the molecule is CC(C)N1CCC(c2noc(CC(=O)O)n2)CC1. The largest absolute Gasteiger partial charge is 0.481 e. The lowest BCUT2D eigenvalue weighted by molar-refractivity contribution is -0.136. The molecule has 1 aliphatic rings. The molecule has 2 heterocycles. The summed E-state index contributed by atoms with van der Waals surface area (Å²) in [5.41, 5.74) is 0. The number of piperidine rings is 1. The van der Waals surface area contributed by atoms with Crippen LogP contribution in [0.4, 0.5) is 0 Å². The van der Waals surface area contributed by atoms with Gasteiger partial charge >= 0.3 is 5.97 Å². The van der Waals surface area contributed by atoms with Crippen LogP contribution in [0.1, 0.15) is 44.3 Å². The quantitative estimate of drug-likeness (QED) is 0.870. The maximum Gasteiger partial charge on any atom is 0.312 e. The standard InChI is InChI=1S/C12H19N3O3/c1-8(2)15-5-3-9(4-6-15)12-13-10(18-14-12)7-11(16)17/h8-9H,3-7H2,1-2H3,(H,16,17). The highest BCUT2D eigenvalue weighted by Gasteiger charge is 2.25. The van der Waals surface area contributed by atoms with Gasteiger partial charge in [-0.1, -0.05) is 5.16 Å². The Bertz CT molecular complexity index is 408. The molecule has 0 bridgehead atoms. The molecule has 0 aliphatic carbocycles. The van der Waals surface area contributed by atoms with Gasteiger partial charge in [-0.2, -0.15) is 4.98 Å². The van der Waals surface area contributed by atoms with Crippen LogP contribution >= 0.6 is 0 Å². The zero-order valence-electron chi connectivity index (χ0n) is 10.8. The van der Waals surface area contributed by atoms with Crippen LogP contribution < -0.4 is 0 Å². The van der Waals surface area contributed by atoms with Crippen LogP contribution in [0, 0.1) is 0 Å². The summed E-state index contributed by atoms with van der Waals surface area (Å²) in [4.78, 5) is 17.1. The Morgan fingerprint density at radius 1 is 1.50 bits per heavy atom. The number of carboxylic acid groups (broad SMARTS) is 1. The first kappa shape index (κ1) is 13.0. The van der Waals surface area contributed by atoms with Crippen LogP contribution in [0.15, 0.2) is 4.52 Å². The van der Waals surface area contributed by atoms with Crippen molar-refractivity contribution in [1.29, 1.82) is 0 Å². The first-order valence-corrected chi connectivity index (χ1v) is 6.34. The van der Waals surface area contributed by atoms with Crippen LogP contribution in [-0.4, -0.2) is 45.2 Å². The minimum Gasteiger partial charge on any atom is -0.481 e. The molecule has 0 spiro atoms. The summed E-state index contributed by atoms with van der Waals surface area (Å²) in [6.07, 6.45) is 1.81. The van der Waals surface area contributed by atoms with Crippen molar-refractivity contribution in [2.45, 2.75) is 45.1 Å². The lowest BCUT2D eigenvalue weighted by atomic mass is 9.95. The lowest BCUT2D eigenvalue weighted by Crippen LogP contribution is -2.38. The van der Waals surface area contributed by atoms with Crippen LogP contribution in [-0.2, 0) is 11.2 Å². The van der Waals surface area contributed by atoms with E-state index in [0.717, 1.165) is 25.9 Å². The zero-order valence-corrected chi connectivity index (χ0v) is 10.8. The van der Waals surface area contributed by atoms with E-state index in [2.05, 4.69) is 28.9 Å². The normalized spacial score (nSPS) is 18.4. The number of rotatable bonds is 4. The molecule has 1 saturated heterocycles. The second kappa shape index (κ2) is 5.48. The van der Waals surface area contributed by atoms with E-state index in [1.165, 1.54) is 0 Å². The third-order valence-electron chi connectivity index (χ3n) is 3.41. The van der Waals surface area contributed by atoms with Gasteiger partial charge < -0.3 is 14.5 Å². The fourth-order valence-electron chi connectivity index (χ4n) is 2.31. The van der Waals surface area contributed by atoms with Gasteiger partial charge in [-0.3, -0.25) is 4.79 Å². The summed E-state index contributed by atoms with van der Waals surface area (Å²) in [7, 11) is 0. The zero-order chi connectivity index (χ0) is 13.1. The molecule has 1 fully saturated rings. The average Bonchev–Trinajstić information content (AvgIpc) is 2.76. The number of likely N-dealkylation sites (tertiary alicyclic amines) is 1. The molecule has 1 N–H and O–H groups in total. The predicted molar refractivity (Wildman–Crippen MR) is 64.3 cm³/mol. The van der Waals surface area contributed by atoms with Gasteiger partial charge in [-0.25, -0.2) is 0 Å². The fraction of sp³-hybridized carbons (Fsp3) is 0.750. The Kier molecular flexibility index (Phi) is 3.96. The van der Waals surface area contributed by atoms with Crippen molar-refractivity contribution >= 4 is 5.97 Å². The molecular formula is C12H19N3O3. The van der Waals surface area contributed by atoms with Gasteiger partial charge in [0.25, 0.3) is 0 Å². The van der Waals surface area contributed by atoms with E-state index in [1.54, 1.807) is 0 Å². The van der Waals surface area contributed by atoms with Crippen molar-refractivity contribution in [2.75, 3.05) is 13.1 Å². The predicted octanol–water partition coefficient (Wildman–Crippen LogP) is 1.28. The van der Waals surface area contributed by atoms with E-state index < -0.39 is 5.97 Å². The number of hydrogen-bond donors (Lipinski definition) is 1. The third-order valence-corrected chi connectivity index (χ3v) is 3.41. The molecule has 100 valence electrons. The van der Waals surface area contributed by atoms with Crippen molar-refractivity contribution in [3.8, 4) is 0 Å². The highest BCUT2D eigenvalue weighted by Crippen LogP contribution is 2.26. The number of carboxylic acids is 1. The number of aromatic nitrogens is 2. The smallest absolute Gasteiger partial charge is 0.312 e. The van der Waals surface area contributed by atoms with E-state index in [4.69, 9.17) is 9.63 Å². The Morgan fingerprint density at radius 2 is 2.17 bits per heavy atom. The van der Waals surface area contributed by atoms with Crippen LogP contribution in [0.5, 0.6) is 0 Å². The van der Waals surface area contributed by atoms with Gasteiger partial charge in [0, 0.05) is 12.0 Å². The summed E-state index contributed by atoms with van der Waals surface area (Å²) in [5.74, 6) is 0.213. The molecule has 2 rings (SSSR count). The van der Waals surface area contributed by atoms with Crippen LogP contribution in [0.2, 0.25) is 0 Å². The van der Waals surface area contributed by atoms with Crippen LogP contribution in [0.25, 0.3) is 0 Å². The van der Waals surface area contributed by atoms with Crippen molar-refractivity contribution in [3.63, 3.8) is 0 Å². The Balaban J connectivity index is 1.93. The first-order chi connectivity index (χ1) is 8.56. The minimum absolute atomic E-state index is 0.197. The molecule has 1 aliphatic heterocycles. The van der Waals surface area contributed by atoms with Gasteiger partial charge in [0.15, 0.2) is 5.82 Å². The van der Waals surface area contributed by atoms with Crippen molar-refractivity contribution in [1.82, 2.24) is 15.0 Å². The van der Waals surface area contributed by atoms with Crippen molar-refractivity contribution < 1.29 is 14.4 Å². The van der Waals surface area contributed by atoms with E-state index >= 15 is 0 Å². The monoisotopic (exact) mass is 253 g/mol. The molecule has 1 aromatic rings. The molecule has 0 saturated carbocycles. The van der Waals surface area contributed by atoms with Gasteiger partial charge in [0.2, 0.25) is 5.89 Å². The summed E-state index contributed by atoms with van der Waals surface area (Å²) in [6, 6.07) is 0.568. The van der Waals surface area contributed by atoms with E-state index in [0.29, 0.717) is 17.8 Å². The minimum atomic E-state index is -0.945. The maximum absolute atomic E-state index is 10.5. The van der Waals surface area contributed by atoms with E-state index in [-0.39, 0.29) is 12.3 Å². The molecular weight excluding hydrogens is 234 g/mol. The van der Waals surface area contributed by atoms with E-state index in [9.17, 15) is 4.79 Å². The molecule has 0 unspecified atom stereocenters. The summed E-state index contributed by atoms with van der Waals surface area (Å²) in [6.45, 7) is 6.45. The average molecular weight is 253 g/mol. The molecule has 6 nitrogen and oxygen atoms in total. The van der Waals surface area contributed by atoms with E-state index in [1.807, 2.05) is 0 Å². The number of hydrogen-bond acceptors (Lipinski definition) is 5. The Hall–Kier alpha value is -1.43. The first-order valence-electron chi connectivity index (χ1n) is 6.34. The highest BCUT2D eigenvalue weighted by atomic mass is 16.5. The summed E-state index contributed by atoms with van der Waals surface area (Å²) < 4.78 is 4.95. The Morgan fingerprint density at radius 3 is 2.72 bits per heavy atom. The molecule has 0 aromatic carbocycles. The van der Waals surface area contributed by atoms with Gasteiger partial charge in [-0.15, -0.1) is 0 Å². The van der Waals surface area contributed by atoms with Gasteiger partial charge in [-0.05, 0) is 39.8 Å². The molecule has 0 amide bonds. The maximum atomic E-state index is 10.5. The van der Waals surface area contributed by atoms with Gasteiger partial charge in [0.1, 0.15) is 6.42 Å². The number of aliphatic carboxylic acids is 1. The number of carbonyl (C=O) groups is 1. The van der Waals surface area contributed by atoms with Crippen LogP contribution in [0.3, 0.4) is 0 Å². The second-order valence-corrected chi connectivity index (χ2v) is 5.02. The second-order valence-electron chi connectivity index (χ2n) is 5.02. The van der Waals surface area contributed by atoms with Crippen molar-refractivity contribution in [3.05, 3.63) is 11.7 Å². The molecule has 6 heteroatoms. The summed E-state index contributed by atoms with van der Waals surface area (Å²) >= 11 is 0. The van der Waals surface area contributed by atoms with Crippen molar-refractivity contribution in [2.24, 2.45) is 0 Å². The molecule has 0 radical (unpaired) electrons. The van der Waals surface area contributed by atoms with Gasteiger partial charge in [0.05, 0.1) is 0 Å². The lowest BCUT2D eigenvalue weighted by Gasteiger charge is -2.33. The molecule has 1 aromatic heterocycles. The number of nitrogens with zero attached hydrogens (tertiary/aromatic N) is 3. The molecule has 0 atom stereocenters. The highest BCUT2D eigenvalue weighted by molar-refractivity contribution is 5.68.